The zero-order valence-corrected chi connectivity index (χ0v) is 13.8. The van der Waals surface area contributed by atoms with E-state index in [1.807, 2.05) is 0 Å². The van der Waals surface area contributed by atoms with Gasteiger partial charge in [-0.25, -0.2) is 8.42 Å². The predicted octanol–water partition coefficient (Wildman–Crippen LogP) is 1.71. The second-order valence-electron chi connectivity index (χ2n) is 5.77. The summed E-state index contributed by atoms with van der Waals surface area (Å²) in [7, 11) is -3.11. The standard InChI is InChI=1S/C15H18N2O5S/c1-10-14(11(2)22-16-10)15(18)17(8-13-4-3-6-21-13)12-5-7-23(19,20)9-12/h3-4,6,12H,5,7-9H2,1-2H3. The van der Waals surface area contributed by atoms with Crippen molar-refractivity contribution < 1.29 is 22.2 Å². The van der Waals surface area contributed by atoms with Gasteiger partial charge in [0.25, 0.3) is 5.91 Å². The maximum Gasteiger partial charge on any atom is 0.260 e. The number of nitrogens with zero attached hydrogens (tertiary/aromatic N) is 2. The molecule has 3 rings (SSSR count). The van der Waals surface area contributed by atoms with Crippen LogP contribution in [0.4, 0.5) is 0 Å². The third kappa shape index (κ3) is 3.17. The molecular formula is C15H18N2O5S. The van der Waals surface area contributed by atoms with E-state index in [2.05, 4.69) is 5.16 Å². The molecule has 0 bridgehead atoms. The summed E-state index contributed by atoms with van der Waals surface area (Å²) in [6.45, 7) is 3.58. The molecule has 3 heterocycles. The Morgan fingerprint density at radius 3 is 2.74 bits per heavy atom. The maximum atomic E-state index is 13.0. The lowest BCUT2D eigenvalue weighted by molar-refractivity contribution is 0.0663. The van der Waals surface area contributed by atoms with Gasteiger partial charge in [0.15, 0.2) is 9.84 Å². The molecule has 23 heavy (non-hydrogen) atoms. The van der Waals surface area contributed by atoms with Gasteiger partial charge < -0.3 is 13.8 Å². The number of carbonyl (C=O) groups excluding carboxylic acids is 1. The molecule has 7 nitrogen and oxygen atoms in total. The van der Waals surface area contributed by atoms with Gasteiger partial charge in [0, 0.05) is 6.04 Å². The first kappa shape index (κ1) is 15.8. The molecule has 124 valence electrons. The Labute approximate surface area is 134 Å². The molecule has 1 saturated heterocycles. The number of carbonyl (C=O) groups is 1. The number of sulfone groups is 1. The first-order valence-electron chi connectivity index (χ1n) is 7.34. The van der Waals surface area contributed by atoms with E-state index in [4.69, 9.17) is 8.94 Å². The van der Waals surface area contributed by atoms with Gasteiger partial charge in [-0.2, -0.15) is 0 Å². The average Bonchev–Trinajstić information content (AvgIpc) is 3.18. The second kappa shape index (κ2) is 5.84. The van der Waals surface area contributed by atoms with Crippen LogP contribution in [-0.4, -0.2) is 41.9 Å². The summed E-state index contributed by atoms with van der Waals surface area (Å²) < 4.78 is 34.0. The minimum Gasteiger partial charge on any atom is -0.467 e. The summed E-state index contributed by atoms with van der Waals surface area (Å²) in [5.74, 6) is 0.830. The van der Waals surface area contributed by atoms with Crippen molar-refractivity contribution in [1.82, 2.24) is 10.1 Å². The summed E-state index contributed by atoms with van der Waals surface area (Å²) in [6, 6.07) is 3.13. The number of aryl methyl sites for hydroxylation is 2. The summed E-state index contributed by atoms with van der Waals surface area (Å²) in [6.07, 6.45) is 1.96. The Balaban J connectivity index is 1.93. The van der Waals surface area contributed by atoms with Gasteiger partial charge in [-0.1, -0.05) is 5.16 Å². The van der Waals surface area contributed by atoms with Gasteiger partial charge >= 0.3 is 0 Å². The van der Waals surface area contributed by atoms with Gasteiger partial charge in [-0.05, 0) is 32.4 Å². The Bertz CT molecular complexity index is 788. The topological polar surface area (TPSA) is 93.6 Å². The smallest absolute Gasteiger partial charge is 0.260 e. The fourth-order valence-corrected chi connectivity index (χ4v) is 4.62. The number of amides is 1. The van der Waals surface area contributed by atoms with E-state index in [-0.39, 0.29) is 30.0 Å². The monoisotopic (exact) mass is 338 g/mol. The van der Waals surface area contributed by atoms with E-state index in [1.54, 1.807) is 30.9 Å². The van der Waals surface area contributed by atoms with Crippen LogP contribution in [0.25, 0.3) is 0 Å². The summed E-state index contributed by atoms with van der Waals surface area (Å²) in [4.78, 5) is 14.5. The zero-order valence-electron chi connectivity index (χ0n) is 13.0. The highest BCUT2D eigenvalue weighted by molar-refractivity contribution is 7.91. The van der Waals surface area contributed by atoms with Gasteiger partial charge in [0.1, 0.15) is 17.1 Å². The molecule has 1 unspecified atom stereocenters. The Hall–Kier alpha value is -2.09. The minimum absolute atomic E-state index is 0.0250. The molecule has 1 aliphatic heterocycles. The van der Waals surface area contributed by atoms with Crippen LogP contribution in [-0.2, 0) is 16.4 Å². The van der Waals surface area contributed by atoms with Gasteiger partial charge in [-0.3, -0.25) is 4.79 Å². The van der Waals surface area contributed by atoms with Crippen LogP contribution in [0.5, 0.6) is 0 Å². The Kier molecular flexibility index (Phi) is 4.01. The summed E-state index contributed by atoms with van der Waals surface area (Å²) >= 11 is 0. The molecule has 0 radical (unpaired) electrons. The zero-order chi connectivity index (χ0) is 16.6. The van der Waals surface area contributed by atoms with Crippen molar-refractivity contribution in [3.8, 4) is 0 Å². The van der Waals surface area contributed by atoms with Crippen LogP contribution in [0.15, 0.2) is 27.3 Å². The molecule has 1 aliphatic rings. The SMILES string of the molecule is Cc1noc(C)c1C(=O)N(Cc1ccco1)C1CCS(=O)(=O)C1. The predicted molar refractivity (Wildman–Crippen MR) is 81.6 cm³/mol. The van der Waals surface area contributed by atoms with E-state index in [1.165, 1.54) is 6.26 Å². The second-order valence-corrected chi connectivity index (χ2v) is 8.00. The average molecular weight is 338 g/mol. The van der Waals surface area contributed by atoms with Gasteiger partial charge in [0.05, 0.1) is 30.0 Å². The molecule has 0 saturated carbocycles. The third-order valence-electron chi connectivity index (χ3n) is 4.06. The highest BCUT2D eigenvalue weighted by atomic mass is 32.2. The maximum absolute atomic E-state index is 13.0. The van der Waals surface area contributed by atoms with Crippen LogP contribution in [0.3, 0.4) is 0 Å². The van der Waals surface area contributed by atoms with Gasteiger partial charge in [-0.15, -0.1) is 0 Å². The molecule has 1 amide bonds. The molecule has 0 N–H and O–H groups in total. The van der Waals surface area contributed by atoms with Crippen LogP contribution >= 0.6 is 0 Å². The van der Waals surface area contributed by atoms with E-state index in [0.717, 1.165) is 0 Å². The van der Waals surface area contributed by atoms with Crippen molar-refractivity contribution in [2.75, 3.05) is 11.5 Å². The molecule has 0 spiro atoms. The number of aromatic nitrogens is 1. The fraction of sp³-hybridized carbons (Fsp3) is 0.467. The lowest BCUT2D eigenvalue weighted by Crippen LogP contribution is -2.41. The number of hydrogen-bond donors (Lipinski definition) is 0. The van der Waals surface area contributed by atoms with E-state index in [9.17, 15) is 13.2 Å². The highest BCUT2D eigenvalue weighted by Crippen LogP contribution is 2.24. The lowest BCUT2D eigenvalue weighted by atomic mass is 10.1. The number of hydrogen-bond acceptors (Lipinski definition) is 6. The summed E-state index contributed by atoms with van der Waals surface area (Å²) in [5, 5.41) is 3.81. The molecule has 0 aliphatic carbocycles. The van der Waals surface area contributed by atoms with Crippen molar-refractivity contribution in [3.63, 3.8) is 0 Å². The molecule has 2 aromatic rings. The molecule has 2 aromatic heterocycles. The highest BCUT2D eigenvalue weighted by Gasteiger charge is 2.37. The van der Waals surface area contributed by atoms with Crippen LogP contribution in [0.1, 0.15) is 34.0 Å². The third-order valence-corrected chi connectivity index (χ3v) is 5.81. The molecule has 8 heteroatoms. The molecule has 1 atom stereocenters. The molecule has 0 aromatic carbocycles. The normalized spacial score (nSPS) is 19.8. The van der Waals surface area contributed by atoms with E-state index < -0.39 is 9.84 Å². The van der Waals surface area contributed by atoms with Crippen molar-refractivity contribution in [1.29, 1.82) is 0 Å². The lowest BCUT2D eigenvalue weighted by Gasteiger charge is -2.27. The van der Waals surface area contributed by atoms with Crippen molar-refractivity contribution in [3.05, 3.63) is 41.2 Å². The molecular weight excluding hydrogens is 320 g/mol. The van der Waals surface area contributed by atoms with Crippen LogP contribution in [0, 0.1) is 13.8 Å². The Morgan fingerprint density at radius 1 is 1.43 bits per heavy atom. The first-order chi connectivity index (χ1) is 10.9. The Morgan fingerprint density at radius 2 is 2.22 bits per heavy atom. The summed E-state index contributed by atoms with van der Waals surface area (Å²) in [5.41, 5.74) is 0.888. The van der Waals surface area contributed by atoms with E-state index in [0.29, 0.717) is 29.2 Å². The molecule has 1 fully saturated rings. The number of furan rings is 1. The van der Waals surface area contributed by atoms with Crippen LogP contribution < -0.4 is 0 Å². The van der Waals surface area contributed by atoms with Crippen molar-refractivity contribution >= 4 is 15.7 Å². The quantitative estimate of drug-likeness (QED) is 0.842. The largest absolute Gasteiger partial charge is 0.467 e. The minimum atomic E-state index is -3.11. The van der Waals surface area contributed by atoms with Gasteiger partial charge in [0.2, 0.25) is 0 Å². The van der Waals surface area contributed by atoms with Crippen molar-refractivity contribution in [2.24, 2.45) is 0 Å². The van der Waals surface area contributed by atoms with Crippen LogP contribution in [0.2, 0.25) is 0 Å². The first-order valence-corrected chi connectivity index (χ1v) is 9.16. The number of rotatable bonds is 4. The fourth-order valence-electron chi connectivity index (χ4n) is 2.89. The van der Waals surface area contributed by atoms with E-state index >= 15 is 0 Å². The van der Waals surface area contributed by atoms with Crippen molar-refractivity contribution in [2.45, 2.75) is 32.9 Å².